The minimum absolute atomic E-state index is 0.700. The van der Waals surface area contributed by atoms with E-state index >= 15 is 0 Å². The third-order valence-corrected chi connectivity index (χ3v) is 2.97. The van der Waals surface area contributed by atoms with Crippen LogP contribution in [-0.4, -0.2) is 26.1 Å². The van der Waals surface area contributed by atoms with E-state index in [0.29, 0.717) is 11.5 Å². The minimum atomic E-state index is 0.700. The maximum absolute atomic E-state index is 5.30. The first-order valence-corrected chi connectivity index (χ1v) is 5.58. The molecule has 0 unspecified atom stereocenters. The van der Waals surface area contributed by atoms with Crippen LogP contribution in [0.2, 0.25) is 0 Å². The van der Waals surface area contributed by atoms with Gasteiger partial charge >= 0.3 is 0 Å². The van der Waals surface area contributed by atoms with E-state index in [4.69, 9.17) is 9.47 Å². The number of aliphatic imine (C=N–C) groups is 2. The Labute approximate surface area is 105 Å². The summed E-state index contributed by atoms with van der Waals surface area (Å²) >= 11 is 0. The van der Waals surface area contributed by atoms with E-state index in [-0.39, 0.29) is 0 Å². The van der Waals surface area contributed by atoms with Gasteiger partial charge in [-0.1, -0.05) is 0 Å². The Balaban J connectivity index is 2.00. The lowest BCUT2D eigenvalue weighted by Crippen LogP contribution is -2.03. The molecule has 4 heteroatoms. The first-order chi connectivity index (χ1) is 8.83. The first-order valence-electron chi connectivity index (χ1n) is 5.58. The molecule has 0 amide bonds. The van der Waals surface area contributed by atoms with E-state index < -0.39 is 0 Å². The molecule has 2 aliphatic heterocycles. The van der Waals surface area contributed by atoms with Gasteiger partial charge in [-0.2, -0.15) is 0 Å². The number of rotatable bonds is 3. The topological polar surface area (TPSA) is 43.2 Å². The fourth-order valence-electron chi connectivity index (χ4n) is 2.05. The summed E-state index contributed by atoms with van der Waals surface area (Å²) in [4.78, 5) is 8.55. The van der Waals surface area contributed by atoms with Gasteiger partial charge in [-0.15, -0.1) is 0 Å². The number of methoxy groups -OCH3 is 2. The first kappa shape index (κ1) is 10.8. The molecule has 0 aromatic heterocycles. The minimum Gasteiger partial charge on any atom is -0.493 e. The van der Waals surface area contributed by atoms with Crippen molar-refractivity contribution < 1.29 is 9.47 Å². The van der Waals surface area contributed by atoms with Crippen LogP contribution in [0.25, 0.3) is 0 Å². The summed E-state index contributed by atoms with van der Waals surface area (Å²) < 4.78 is 10.5. The second-order valence-corrected chi connectivity index (χ2v) is 3.95. The molecule has 2 aliphatic rings. The number of fused-ring (bicyclic) bond motifs is 1. The molecule has 0 fully saturated rings. The van der Waals surface area contributed by atoms with Gasteiger partial charge in [-0.3, -0.25) is 9.98 Å². The van der Waals surface area contributed by atoms with Crippen LogP contribution in [0.15, 0.2) is 51.7 Å². The summed E-state index contributed by atoms with van der Waals surface area (Å²) in [5.41, 5.74) is 4.03. The monoisotopic (exact) mass is 240 g/mol. The number of ether oxygens (including phenoxy) is 2. The van der Waals surface area contributed by atoms with Gasteiger partial charge in [0.2, 0.25) is 0 Å². The van der Waals surface area contributed by atoms with Gasteiger partial charge in [0.05, 0.1) is 19.9 Å². The summed E-state index contributed by atoms with van der Waals surface area (Å²) in [7, 11) is 3.25. The number of hydrogen-bond acceptors (Lipinski definition) is 4. The van der Waals surface area contributed by atoms with Gasteiger partial charge in [-0.05, 0) is 18.2 Å². The van der Waals surface area contributed by atoms with Crippen molar-refractivity contribution in [1.82, 2.24) is 0 Å². The highest BCUT2D eigenvalue weighted by Crippen LogP contribution is 2.31. The third kappa shape index (κ3) is 1.54. The number of allylic oxidation sites excluding steroid dienone is 2. The van der Waals surface area contributed by atoms with Crippen molar-refractivity contribution in [3.05, 3.63) is 47.3 Å². The van der Waals surface area contributed by atoms with Crippen molar-refractivity contribution >= 4 is 11.9 Å². The second-order valence-electron chi connectivity index (χ2n) is 3.95. The smallest absolute Gasteiger partial charge is 0.161 e. The standard InChI is InChI=1S/C14H12N2O2/c1-17-12-4-3-9(5-13(12)18-2)14-11-8-15-6-10(11)7-16-14/h3-8H,1-2H3. The molecule has 1 aromatic rings. The number of benzene rings is 1. The van der Waals surface area contributed by atoms with E-state index in [1.165, 1.54) is 0 Å². The fraction of sp³-hybridized carbons (Fsp3) is 0.143. The summed E-state index contributed by atoms with van der Waals surface area (Å²) in [6, 6.07) is 5.77. The fourth-order valence-corrected chi connectivity index (χ4v) is 2.05. The molecule has 0 bridgehead atoms. The van der Waals surface area contributed by atoms with E-state index in [9.17, 15) is 0 Å². The van der Waals surface area contributed by atoms with Crippen molar-refractivity contribution in [3.8, 4) is 11.5 Å². The second kappa shape index (κ2) is 4.14. The van der Waals surface area contributed by atoms with Crippen LogP contribution < -0.4 is 9.47 Å². The number of nitrogens with zero attached hydrogens (tertiary/aromatic N) is 2. The van der Waals surface area contributed by atoms with Crippen molar-refractivity contribution in [1.29, 1.82) is 0 Å². The molecule has 0 N–H and O–H groups in total. The van der Waals surface area contributed by atoms with Crippen molar-refractivity contribution in [3.63, 3.8) is 0 Å². The van der Waals surface area contributed by atoms with Crippen LogP contribution in [0.5, 0.6) is 11.5 Å². The molecular weight excluding hydrogens is 228 g/mol. The lowest BCUT2D eigenvalue weighted by atomic mass is 10.0. The third-order valence-electron chi connectivity index (χ3n) is 2.97. The zero-order chi connectivity index (χ0) is 12.5. The maximum atomic E-state index is 5.30. The highest BCUT2D eigenvalue weighted by Gasteiger charge is 2.21. The van der Waals surface area contributed by atoms with Gasteiger partial charge in [0.1, 0.15) is 0 Å². The van der Waals surface area contributed by atoms with E-state index in [1.54, 1.807) is 14.2 Å². The van der Waals surface area contributed by atoms with Gasteiger partial charge < -0.3 is 9.47 Å². The summed E-state index contributed by atoms with van der Waals surface area (Å²) in [5.74, 6) is 1.41. The Morgan fingerprint density at radius 2 is 1.83 bits per heavy atom. The van der Waals surface area contributed by atoms with Crippen molar-refractivity contribution in [2.45, 2.75) is 0 Å². The molecule has 1 aromatic carbocycles. The maximum Gasteiger partial charge on any atom is 0.161 e. The molecule has 0 aliphatic carbocycles. The molecule has 0 spiro atoms. The van der Waals surface area contributed by atoms with Gasteiger partial charge in [-0.25, -0.2) is 0 Å². The summed E-state index contributed by atoms with van der Waals surface area (Å²) in [5, 5.41) is 0. The quantitative estimate of drug-likeness (QED) is 0.814. The Bertz CT molecular complexity index is 625. The zero-order valence-electron chi connectivity index (χ0n) is 10.2. The lowest BCUT2D eigenvalue weighted by molar-refractivity contribution is 0.355. The number of hydrogen-bond donors (Lipinski definition) is 0. The normalized spacial score (nSPS) is 16.0. The van der Waals surface area contributed by atoms with Gasteiger partial charge in [0.15, 0.2) is 11.5 Å². The molecule has 4 nitrogen and oxygen atoms in total. The molecule has 0 atom stereocenters. The Hall–Kier alpha value is -2.36. The van der Waals surface area contributed by atoms with Crippen molar-refractivity contribution in [2.75, 3.05) is 14.2 Å². The van der Waals surface area contributed by atoms with Crippen LogP contribution in [0.4, 0.5) is 0 Å². The van der Waals surface area contributed by atoms with Gasteiger partial charge in [0, 0.05) is 35.3 Å². The van der Waals surface area contributed by atoms with Crippen molar-refractivity contribution in [2.24, 2.45) is 9.98 Å². The largest absolute Gasteiger partial charge is 0.493 e. The summed E-state index contributed by atoms with van der Waals surface area (Å²) in [6.07, 6.45) is 5.47. The van der Waals surface area contributed by atoms with E-state index in [0.717, 1.165) is 22.4 Å². The average Bonchev–Trinajstić information content (AvgIpc) is 3.00. The molecule has 0 saturated heterocycles. The highest BCUT2D eigenvalue weighted by molar-refractivity contribution is 6.22. The Kier molecular flexibility index (Phi) is 2.48. The summed E-state index contributed by atoms with van der Waals surface area (Å²) in [6.45, 7) is 0. The Morgan fingerprint density at radius 3 is 2.61 bits per heavy atom. The average molecular weight is 240 g/mol. The molecule has 18 heavy (non-hydrogen) atoms. The lowest BCUT2D eigenvalue weighted by Gasteiger charge is -2.10. The molecular formula is C14H12N2O2. The zero-order valence-corrected chi connectivity index (χ0v) is 10.2. The van der Waals surface area contributed by atoms with Crippen LogP contribution in [0, 0.1) is 0 Å². The predicted octanol–water partition coefficient (Wildman–Crippen LogP) is 2.36. The molecule has 2 heterocycles. The molecule has 0 radical (unpaired) electrons. The predicted molar refractivity (Wildman–Crippen MR) is 70.7 cm³/mol. The SMILES string of the molecule is COc1ccc(C2=NC=C3C=NC=C32)cc1OC. The van der Waals surface area contributed by atoms with Crippen LogP contribution in [0.3, 0.4) is 0 Å². The van der Waals surface area contributed by atoms with E-state index in [2.05, 4.69) is 9.98 Å². The van der Waals surface area contributed by atoms with E-state index in [1.807, 2.05) is 36.8 Å². The molecule has 90 valence electrons. The van der Waals surface area contributed by atoms with Crippen LogP contribution in [0.1, 0.15) is 5.56 Å². The molecule has 3 rings (SSSR count). The highest BCUT2D eigenvalue weighted by atomic mass is 16.5. The van der Waals surface area contributed by atoms with Gasteiger partial charge in [0.25, 0.3) is 0 Å². The van der Waals surface area contributed by atoms with Crippen LogP contribution >= 0.6 is 0 Å². The molecule has 0 saturated carbocycles. The van der Waals surface area contributed by atoms with Crippen LogP contribution in [-0.2, 0) is 0 Å². The Morgan fingerprint density at radius 1 is 1.00 bits per heavy atom.